The Balaban J connectivity index is 1.40. The van der Waals surface area contributed by atoms with E-state index >= 15 is 0 Å². The molecule has 3 aromatic rings. The van der Waals surface area contributed by atoms with Crippen LogP contribution in [-0.4, -0.2) is 49.7 Å². The summed E-state index contributed by atoms with van der Waals surface area (Å²) in [5, 5.41) is 0. The molecule has 172 valence electrons. The Labute approximate surface area is 191 Å². The summed E-state index contributed by atoms with van der Waals surface area (Å²) in [6.07, 6.45) is 0.484. The molecule has 0 unspecified atom stereocenters. The van der Waals surface area contributed by atoms with E-state index in [2.05, 4.69) is 0 Å². The lowest BCUT2D eigenvalue weighted by atomic mass is 10.2. The second-order valence-corrected chi connectivity index (χ2v) is 9.52. The number of benzene rings is 3. The summed E-state index contributed by atoms with van der Waals surface area (Å²) in [5.41, 5.74) is 0.455. The van der Waals surface area contributed by atoms with Crippen molar-refractivity contribution in [3.8, 4) is 11.5 Å². The van der Waals surface area contributed by atoms with Gasteiger partial charge in [-0.05, 0) is 79.2 Å². The number of halogens is 2. The molecule has 0 spiro atoms. The van der Waals surface area contributed by atoms with E-state index in [1.807, 2.05) is 0 Å². The number of hydrogen-bond donors (Lipinski definition) is 0. The normalized spacial score (nSPS) is 15.2. The zero-order valence-electron chi connectivity index (χ0n) is 17.7. The highest BCUT2D eigenvalue weighted by Crippen LogP contribution is 2.23. The maximum atomic E-state index is 13.2. The van der Waals surface area contributed by atoms with Gasteiger partial charge in [0, 0.05) is 31.7 Å². The van der Waals surface area contributed by atoms with E-state index < -0.39 is 15.8 Å². The largest absolute Gasteiger partial charge is 0.457 e. The van der Waals surface area contributed by atoms with Crippen LogP contribution in [0.1, 0.15) is 16.8 Å². The van der Waals surface area contributed by atoms with Gasteiger partial charge in [-0.3, -0.25) is 4.79 Å². The van der Waals surface area contributed by atoms with Crippen LogP contribution in [0.25, 0.3) is 0 Å². The molecule has 0 aliphatic carbocycles. The van der Waals surface area contributed by atoms with Crippen molar-refractivity contribution in [2.45, 2.75) is 11.3 Å². The van der Waals surface area contributed by atoms with Crippen LogP contribution < -0.4 is 4.74 Å². The number of sulfonamides is 1. The summed E-state index contributed by atoms with van der Waals surface area (Å²) >= 11 is 0. The van der Waals surface area contributed by atoms with E-state index in [1.54, 1.807) is 29.2 Å². The summed E-state index contributed by atoms with van der Waals surface area (Å²) in [5.74, 6) is -0.0825. The minimum atomic E-state index is -3.77. The molecule has 1 amide bonds. The van der Waals surface area contributed by atoms with E-state index in [0.29, 0.717) is 30.0 Å². The molecule has 6 nitrogen and oxygen atoms in total. The van der Waals surface area contributed by atoms with E-state index in [0.717, 1.165) is 12.1 Å². The molecule has 3 aromatic carbocycles. The topological polar surface area (TPSA) is 66.9 Å². The van der Waals surface area contributed by atoms with Gasteiger partial charge in [-0.15, -0.1) is 0 Å². The van der Waals surface area contributed by atoms with Crippen molar-refractivity contribution in [2.75, 3.05) is 26.2 Å². The molecule has 1 heterocycles. The third kappa shape index (κ3) is 5.37. The second-order valence-electron chi connectivity index (χ2n) is 7.58. The van der Waals surface area contributed by atoms with E-state index in [4.69, 9.17) is 4.74 Å². The smallest absolute Gasteiger partial charge is 0.253 e. The molecule has 0 atom stereocenters. The van der Waals surface area contributed by atoms with Crippen LogP contribution in [0.3, 0.4) is 0 Å². The minimum Gasteiger partial charge on any atom is -0.457 e. The summed E-state index contributed by atoms with van der Waals surface area (Å²) in [7, 11) is -3.77. The molecule has 0 aromatic heterocycles. The summed E-state index contributed by atoms with van der Waals surface area (Å²) in [6, 6.07) is 16.9. The van der Waals surface area contributed by atoms with Gasteiger partial charge in [-0.1, -0.05) is 0 Å². The third-order valence-corrected chi connectivity index (χ3v) is 7.26. The van der Waals surface area contributed by atoms with Crippen LogP contribution in [0.15, 0.2) is 77.7 Å². The zero-order valence-corrected chi connectivity index (χ0v) is 18.5. The van der Waals surface area contributed by atoms with E-state index in [1.165, 1.54) is 40.7 Å². The van der Waals surface area contributed by atoms with E-state index in [-0.39, 0.29) is 36.3 Å². The molecular formula is C24H22F2N2O4S. The number of amides is 1. The van der Waals surface area contributed by atoms with Gasteiger partial charge in [0.1, 0.15) is 23.1 Å². The molecule has 1 fully saturated rings. The Hall–Kier alpha value is -3.30. The molecule has 4 rings (SSSR count). The summed E-state index contributed by atoms with van der Waals surface area (Å²) in [4.78, 5) is 14.6. The fourth-order valence-corrected chi connectivity index (χ4v) is 5.05. The Morgan fingerprint density at radius 3 is 1.88 bits per heavy atom. The van der Waals surface area contributed by atoms with Gasteiger partial charge in [-0.25, -0.2) is 17.2 Å². The molecule has 0 N–H and O–H groups in total. The van der Waals surface area contributed by atoms with Crippen molar-refractivity contribution in [1.29, 1.82) is 0 Å². The molecule has 0 saturated carbocycles. The predicted octanol–water partition coefficient (Wildman–Crippen LogP) is 4.29. The average molecular weight is 473 g/mol. The zero-order chi connectivity index (χ0) is 23.4. The maximum absolute atomic E-state index is 13.2. The van der Waals surface area contributed by atoms with Crippen molar-refractivity contribution in [3.63, 3.8) is 0 Å². The fourth-order valence-electron chi connectivity index (χ4n) is 3.58. The highest BCUT2D eigenvalue weighted by atomic mass is 32.2. The van der Waals surface area contributed by atoms with Gasteiger partial charge >= 0.3 is 0 Å². The Morgan fingerprint density at radius 2 is 1.27 bits per heavy atom. The number of rotatable bonds is 5. The first-order valence-electron chi connectivity index (χ1n) is 10.4. The minimum absolute atomic E-state index is 0.0282. The van der Waals surface area contributed by atoms with Crippen molar-refractivity contribution in [1.82, 2.24) is 9.21 Å². The van der Waals surface area contributed by atoms with Gasteiger partial charge in [0.2, 0.25) is 10.0 Å². The average Bonchev–Trinajstić information content (AvgIpc) is 3.08. The standard InChI is InChI=1S/C24H22F2N2O4S/c25-19-4-10-22(11-5-19)32-21-8-2-18(3-9-21)24(29)27-14-1-15-28(17-16-27)33(30,31)23-12-6-20(26)7-13-23/h2-13H,1,14-17H2. The second kappa shape index (κ2) is 9.68. The number of hydrogen-bond acceptors (Lipinski definition) is 4. The van der Waals surface area contributed by atoms with Crippen LogP contribution in [0, 0.1) is 11.6 Å². The number of carbonyl (C=O) groups is 1. The summed E-state index contributed by atoms with van der Waals surface area (Å²) in [6.45, 7) is 1.08. The molecule has 9 heteroatoms. The summed E-state index contributed by atoms with van der Waals surface area (Å²) < 4.78 is 58.9. The molecule has 33 heavy (non-hydrogen) atoms. The SMILES string of the molecule is O=C(c1ccc(Oc2ccc(F)cc2)cc1)N1CCCN(S(=O)(=O)c2ccc(F)cc2)CC1. The number of carbonyl (C=O) groups excluding carboxylic acids is 1. The highest BCUT2D eigenvalue weighted by Gasteiger charge is 2.28. The van der Waals surface area contributed by atoms with Gasteiger partial charge in [0.05, 0.1) is 4.90 Å². The van der Waals surface area contributed by atoms with Crippen LogP contribution in [0.2, 0.25) is 0 Å². The van der Waals surface area contributed by atoms with Crippen LogP contribution in [0.5, 0.6) is 11.5 Å². The van der Waals surface area contributed by atoms with Gasteiger partial charge in [0.25, 0.3) is 5.91 Å². The molecule has 1 saturated heterocycles. The van der Waals surface area contributed by atoms with Gasteiger partial charge < -0.3 is 9.64 Å². The Bertz CT molecular complexity index is 1210. The fraction of sp³-hybridized carbons (Fsp3) is 0.208. The first-order valence-corrected chi connectivity index (χ1v) is 11.9. The van der Waals surface area contributed by atoms with Gasteiger partial charge in [0.15, 0.2) is 0 Å². The van der Waals surface area contributed by atoms with Crippen molar-refractivity contribution >= 4 is 15.9 Å². The predicted molar refractivity (Wildman–Crippen MR) is 119 cm³/mol. The van der Waals surface area contributed by atoms with Crippen LogP contribution >= 0.6 is 0 Å². The first-order chi connectivity index (χ1) is 15.8. The van der Waals surface area contributed by atoms with Gasteiger partial charge in [-0.2, -0.15) is 4.31 Å². The number of nitrogens with zero attached hydrogens (tertiary/aromatic N) is 2. The molecule has 0 bridgehead atoms. The third-order valence-electron chi connectivity index (χ3n) is 5.34. The lowest BCUT2D eigenvalue weighted by Gasteiger charge is -2.22. The Morgan fingerprint density at radius 1 is 0.727 bits per heavy atom. The quantitative estimate of drug-likeness (QED) is 0.556. The van der Waals surface area contributed by atoms with E-state index in [9.17, 15) is 22.0 Å². The van der Waals surface area contributed by atoms with Crippen molar-refractivity contribution < 1.29 is 26.7 Å². The molecule has 0 radical (unpaired) electrons. The molecule has 1 aliphatic heterocycles. The lowest BCUT2D eigenvalue weighted by molar-refractivity contribution is 0.0764. The van der Waals surface area contributed by atoms with Crippen molar-refractivity contribution in [2.24, 2.45) is 0 Å². The van der Waals surface area contributed by atoms with Crippen LogP contribution in [0.4, 0.5) is 8.78 Å². The first kappa shape index (κ1) is 22.9. The van der Waals surface area contributed by atoms with Crippen molar-refractivity contribution in [3.05, 3.63) is 90.0 Å². The monoisotopic (exact) mass is 472 g/mol. The molecular weight excluding hydrogens is 450 g/mol. The Kier molecular flexibility index (Phi) is 6.71. The molecule has 1 aliphatic rings. The van der Waals surface area contributed by atoms with Crippen LogP contribution in [-0.2, 0) is 10.0 Å². The highest BCUT2D eigenvalue weighted by molar-refractivity contribution is 7.89. The number of ether oxygens (including phenoxy) is 1. The lowest BCUT2D eigenvalue weighted by Crippen LogP contribution is -2.37. The maximum Gasteiger partial charge on any atom is 0.253 e.